The van der Waals surface area contributed by atoms with Crippen LogP contribution >= 0.6 is 0 Å². The molecule has 2 aromatic carbocycles. The Bertz CT molecular complexity index is 827. The molecule has 0 bridgehead atoms. The van der Waals surface area contributed by atoms with Crippen LogP contribution in [-0.4, -0.2) is 27.2 Å². The normalized spacial score (nSPS) is 12.4. The molecule has 0 radical (unpaired) electrons. The van der Waals surface area contributed by atoms with E-state index in [0.717, 1.165) is 16.9 Å². The molecule has 0 spiro atoms. The Kier molecular flexibility index (Phi) is 6.80. The first kappa shape index (κ1) is 20.0. The quantitative estimate of drug-likeness (QED) is 0.767. The van der Waals surface area contributed by atoms with E-state index in [9.17, 15) is 13.2 Å². The van der Waals surface area contributed by atoms with Crippen LogP contribution in [0, 0.1) is 6.92 Å². The van der Waals surface area contributed by atoms with Gasteiger partial charge < -0.3 is 10.1 Å². The van der Waals surface area contributed by atoms with Crippen LogP contribution in [0.15, 0.2) is 53.4 Å². The van der Waals surface area contributed by atoms with Crippen molar-refractivity contribution in [1.29, 1.82) is 0 Å². The number of ether oxygens (including phenoxy) is 1. The van der Waals surface area contributed by atoms with E-state index in [0.29, 0.717) is 6.42 Å². The molecular weight excluding hydrogens is 350 g/mol. The molecule has 1 unspecified atom stereocenters. The molecule has 0 aliphatic carbocycles. The van der Waals surface area contributed by atoms with Crippen LogP contribution in [0.1, 0.15) is 36.9 Å². The van der Waals surface area contributed by atoms with E-state index in [4.69, 9.17) is 4.74 Å². The minimum atomic E-state index is -3.47. The molecule has 2 rings (SSSR count). The Morgan fingerprint density at radius 1 is 1.08 bits per heavy atom. The van der Waals surface area contributed by atoms with Gasteiger partial charge in [-0.3, -0.25) is 4.79 Å². The zero-order chi connectivity index (χ0) is 19.2. The van der Waals surface area contributed by atoms with Crippen molar-refractivity contribution in [3.63, 3.8) is 0 Å². The summed E-state index contributed by atoms with van der Waals surface area (Å²) in [7, 11) is -1.87. The third-order valence-corrected chi connectivity index (χ3v) is 5.97. The van der Waals surface area contributed by atoms with Crippen LogP contribution < -0.4 is 10.1 Å². The van der Waals surface area contributed by atoms with Crippen LogP contribution in [-0.2, 0) is 14.6 Å². The maximum Gasteiger partial charge on any atom is 0.221 e. The van der Waals surface area contributed by atoms with Gasteiger partial charge in [0, 0.05) is 6.42 Å². The number of sulfone groups is 1. The van der Waals surface area contributed by atoms with Crippen LogP contribution in [0.2, 0.25) is 0 Å². The third kappa shape index (κ3) is 5.33. The highest BCUT2D eigenvalue weighted by Gasteiger charge is 2.18. The Hall–Kier alpha value is -2.34. The summed E-state index contributed by atoms with van der Waals surface area (Å²) in [6.07, 6.45) is 0.644. The number of methoxy groups -OCH3 is 1. The molecule has 0 heterocycles. The summed E-state index contributed by atoms with van der Waals surface area (Å²) in [4.78, 5) is 12.5. The summed E-state index contributed by atoms with van der Waals surface area (Å²) in [5, 5.41) is 2.91. The molecule has 1 N–H and O–H groups in total. The van der Waals surface area contributed by atoms with Crippen LogP contribution in [0.25, 0.3) is 0 Å². The van der Waals surface area contributed by atoms with E-state index in [-0.39, 0.29) is 29.0 Å². The second-order valence-electron chi connectivity index (χ2n) is 6.18. The molecule has 26 heavy (non-hydrogen) atoms. The van der Waals surface area contributed by atoms with Gasteiger partial charge in [-0.05, 0) is 43.2 Å². The number of carbonyl (C=O) groups is 1. The number of nitrogens with one attached hydrogen (secondary N) is 1. The van der Waals surface area contributed by atoms with Gasteiger partial charge in [-0.25, -0.2) is 8.42 Å². The van der Waals surface area contributed by atoms with E-state index in [1.54, 1.807) is 31.4 Å². The molecule has 0 aromatic heterocycles. The van der Waals surface area contributed by atoms with Crippen molar-refractivity contribution in [1.82, 2.24) is 5.32 Å². The highest BCUT2D eigenvalue weighted by atomic mass is 32.2. The second-order valence-corrected chi connectivity index (χ2v) is 8.29. The van der Waals surface area contributed by atoms with Crippen LogP contribution in [0.4, 0.5) is 0 Å². The average molecular weight is 375 g/mol. The van der Waals surface area contributed by atoms with Crippen molar-refractivity contribution in [2.75, 3.05) is 12.9 Å². The molecular formula is C20H25NO4S. The number of amides is 1. The molecule has 0 fully saturated rings. The number of carbonyl (C=O) groups excluding carboxylic acids is 1. The van der Waals surface area contributed by atoms with Gasteiger partial charge in [0.1, 0.15) is 5.75 Å². The zero-order valence-corrected chi connectivity index (χ0v) is 16.2. The number of aryl methyl sites for hydroxylation is 1. The Labute approximate surface area is 155 Å². The molecule has 0 aliphatic heterocycles. The van der Waals surface area contributed by atoms with Crippen molar-refractivity contribution < 1.29 is 17.9 Å². The Balaban J connectivity index is 1.96. The first-order valence-corrected chi connectivity index (χ1v) is 10.2. The second kappa shape index (κ2) is 8.85. The number of hydrogen-bond acceptors (Lipinski definition) is 4. The van der Waals surface area contributed by atoms with E-state index in [2.05, 4.69) is 5.32 Å². The Morgan fingerprint density at radius 3 is 2.23 bits per heavy atom. The lowest BCUT2D eigenvalue weighted by molar-refractivity contribution is -0.121. The molecule has 0 saturated heterocycles. The van der Waals surface area contributed by atoms with E-state index < -0.39 is 9.84 Å². The molecule has 1 amide bonds. The van der Waals surface area contributed by atoms with Gasteiger partial charge in [0.15, 0.2) is 9.84 Å². The standard InChI is InChI=1S/C20H25NO4S/c1-4-19(16-7-9-17(25-3)10-8-16)21-20(22)13-14-26(23,24)18-11-5-15(2)6-12-18/h5-12,19H,4,13-14H2,1-3H3,(H,21,22). The van der Waals surface area contributed by atoms with Gasteiger partial charge in [-0.2, -0.15) is 0 Å². The molecule has 0 aliphatic rings. The topological polar surface area (TPSA) is 72.5 Å². The lowest BCUT2D eigenvalue weighted by Gasteiger charge is -2.18. The molecule has 140 valence electrons. The lowest BCUT2D eigenvalue weighted by Crippen LogP contribution is -2.29. The highest BCUT2D eigenvalue weighted by molar-refractivity contribution is 7.91. The number of benzene rings is 2. The Morgan fingerprint density at radius 2 is 1.69 bits per heavy atom. The predicted octanol–water partition coefficient (Wildman–Crippen LogP) is 3.43. The summed E-state index contributed by atoms with van der Waals surface area (Å²) in [6.45, 7) is 3.87. The highest BCUT2D eigenvalue weighted by Crippen LogP contribution is 2.20. The minimum absolute atomic E-state index is 0.0666. The number of rotatable bonds is 8. The fourth-order valence-electron chi connectivity index (χ4n) is 2.61. The summed E-state index contributed by atoms with van der Waals surface area (Å²) >= 11 is 0. The third-order valence-electron chi connectivity index (χ3n) is 4.24. The maximum absolute atomic E-state index is 12.3. The van der Waals surface area contributed by atoms with Crippen molar-refractivity contribution in [3.8, 4) is 5.75 Å². The summed E-state index contributed by atoms with van der Waals surface area (Å²) in [5.74, 6) is 0.267. The average Bonchev–Trinajstić information content (AvgIpc) is 2.65. The van der Waals surface area contributed by atoms with Crippen molar-refractivity contribution in [3.05, 3.63) is 59.7 Å². The van der Waals surface area contributed by atoms with Gasteiger partial charge in [0.25, 0.3) is 0 Å². The summed E-state index contributed by atoms with van der Waals surface area (Å²) in [5.41, 5.74) is 1.95. The SMILES string of the molecule is CCC(NC(=O)CCS(=O)(=O)c1ccc(C)cc1)c1ccc(OC)cc1. The molecule has 0 saturated carbocycles. The van der Waals surface area contributed by atoms with E-state index in [1.165, 1.54) is 0 Å². The van der Waals surface area contributed by atoms with Crippen LogP contribution in [0.5, 0.6) is 5.75 Å². The van der Waals surface area contributed by atoms with E-state index in [1.807, 2.05) is 38.1 Å². The van der Waals surface area contributed by atoms with Crippen molar-refractivity contribution in [2.24, 2.45) is 0 Å². The van der Waals surface area contributed by atoms with Crippen molar-refractivity contribution >= 4 is 15.7 Å². The van der Waals surface area contributed by atoms with Gasteiger partial charge in [-0.1, -0.05) is 36.8 Å². The monoisotopic (exact) mass is 375 g/mol. The van der Waals surface area contributed by atoms with Gasteiger partial charge in [0.05, 0.1) is 23.8 Å². The molecule has 1 atom stereocenters. The molecule has 2 aromatic rings. The fraction of sp³-hybridized carbons (Fsp3) is 0.350. The van der Waals surface area contributed by atoms with Crippen LogP contribution in [0.3, 0.4) is 0 Å². The van der Waals surface area contributed by atoms with Crippen molar-refractivity contribution in [2.45, 2.75) is 37.6 Å². The summed E-state index contributed by atoms with van der Waals surface area (Å²) < 4.78 is 29.8. The first-order chi connectivity index (χ1) is 12.4. The minimum Gasteiger partial charge on any atom is -0.497 e. The largest absolute Gasteiger partial charge is 0.497 e. The first-order valence-electron chi connectivity index (χ1n) is 8.58. The zero-order valence-electron chi connectivity index (χ0n) is 15.4. The van der Waals surface area contributed by atoms with Gasteiger partial charge in [0.2, 0.25) is 5.91 Å². The molecule has 6 heteroatoms. The van der Waals surface area contributed by atoms with E-state index >= 15 is 0 Å². The fourth-order valence-corrected chi connectivity index (χ4v) is 3.85. The maximum atomic E-state index is 12.3. The number of hydrogen-bond donors (Lipinski definition) is 1. The smallest absolute Gasteiger partial charge is 0.221 e. The van der Waals surface area contributed by atoms with Gasteiger partial charge in [-0.15, -0.1) is 0 Å². The molecule has 5 nitrogen and oxygen atoms in total. The predicted molar refractivity (Wildman–Crippen MR) is 102 cm³/mol. The lowest BCUT2D eigenvalue weighted by atomic mass is 10.0. The van der Waals surface area contributed by atoms with Gasteiger partial charge >= 0.3 is 0 Å². The summed E-state index contributed by atoms with van der Waals surface area (Å²) in [6, 6.07) is 14.0.